The van der Waals surface area contributed by atoms with Crippen LogP contribution < -0.4 is 0 Å². The molecule has 3 rings (SSSR count). The number of carbonyl (C=O) groups is 2. The van der Waals surface area contributed by atoms with Crippen LogP contribution in [-0.2, 0) is 14.2 Å². The summed E-state index contributed by atoms with van der Waals surface area (Å²) >= 11 is 0. The number of rotatable bonds is 5. The number of hydrogen-bond acceptors (Lipinski definition) is 6. The summed E-state index contributed by atoms with van der Waals surface area (Å²) in [6.45, 7) is -0.114. The molecule has 1 aliphatic rings. The molecular formula is C19H18O6. The summed E-state index contributed by atoms with van der Waals surface area (Å²) in [7, 11) is 0. The smallest absolute Gasteiger partial charge is 0.338 e. The van der Waals surface area contributed by atoms with E-state index in [4.69, 9.17) is 14.2 Å². The second-order valence-electron chi connectivity index (χ2n) is 5.64. The van der Waals surface area contributed by atoms with Gasteiger partial charge in [0.25, 0.3) is 0 Å². The van der Waals surface area contributed by atoms with Crippen LogP contribution >= 0.6 is 0 Å². The van der Waals surface area contributed by atoms with Gasteiger partial charge < -0.3 is 19.3 Å². The molecule has 1 heterocycles. The van der Waals surface area contributed by atoms with E-state index in [9.17, 15) is 14.7 Å². The summed E-state index contributed by atoms with van der Waals surface area (Å²) in [6.07, 6.45) is -2.33. The maximum Gasteiger partial charge on any atom is 0.338 e. The number of hydrogen-bond donors (Lipinski definition) is 1. The summed E-state index contributed by atoms with van der Waals surface area (Å²) in [4.78, 5) is 24.1. The Labute approximate surface area is 144 Å². The maximum absolute atomic E-state index is 12.1. The molecule has 2 aromatic rings. The molecule has 1 saturated heterocycles. The molecule has 1 fully saturated rings. The van der Waals surface area contributed by atoms with Crippen LogP contribution in [0.2, 0.25) is 0 Å². The zero-order chi connectivity index (χ0) is 17.6. The summed E-state index contributed by atoms with van der Waals surface area (Å²) in [5.74, 6) is -1.01. The number of ether oxygens (including phenoxy) is 3. The normalized spacial score (nSPS) is 22.4. The number of benzene rings is 2. The summed E-state index contributed by atoms with van der Waals surface area (Å²) in [6, 6.07) is 17.1. The fraction of sp³-hybridized carbons (Fsp3) is 0.263. The monoisotopic (exact) mass is 342 g/mol. The van der Waals surface area contributed by atoms with E-state index in [1.165, 1.54) is 0 Å². The molecule has 6 nitrogen and oxygen atoms in total. The third-order valence-corrected chi connectivity index (χ3v) is 3.84. The summed E-state index contributed by atoms with van der Waals surface area (Å²) in [5, 5.41) is 9.68. The molecule has 0 spiro atoms. The van der Waals surface area contributed by atoms with Gasteiger partial charge in [0.05, 0.1) is 11.1 Å². The van der Waals surface area contributed by atoms with Crippen molar-refractivity contribution in [2.45, 2.75) is 24.9 Å². The Morgan fingerprint density at radius 1 is 0.960 bits per heavy atom. The molecule has 6 heteroatoms. The van der Waals surface area contributed by atoms with Crippen LogP contribution in [0.3, 0.4) is 0 Å². The van der Waals surface area contributed by atoms with Crippen molar-refractivity contribution in [1.29, 1.82) is 0 Å². The van der Waals surface area contributed by atoms with Crippen LogP contribution in [0.5, 0.6) is 0 Å². The predicted molar refractivity (Wildman–Crippen MR) is 87.9 cm³/mol. The Morgan fingerprint density at radius 3 is 2.12 bits per heavy atom. The minimum atomic E-state index is -1.06. The fourth-order valence-electron chi connectivity index (χ4n) is 2.56. The van der Waals surface area contributed by atoms with Crippen LogP contribution in [0, 0.1) is 0 Å². The quantitative estimate of drug-likeness (QED) is 0.839. The van der Waals surface area contributed by atoms with Crippen molar-refractivity contribution in [2.24, 2.45) is 0 Å². The molecule has 0 amide bonds. The Morgan fingerprint density at radius 2 is 1.52 bits per heavy atom. The fourth-order valence-corrected chi connectivity index (χ4v) is 2.56. The van der Waals surface area contributed by atoms with E-state index < -0.39 is 30.4 Å². The summed E-state index contributed by atoms with van der Waals surface area (Å²) in [5.41, 5.74) is 0.822. The zero-order valence-corrected chi connectivity index (χ0v) is 13.4. The van der Waals surface area contributed by atoms with Crippen LogP contribution in [-0.4, -0.2) is 42.1 Å². The van der Waals surface area contributed by atoms with Gasteiger partial charge in [-0.25, -0.2) is 9.59 Å². The van der Waals surface area contributed by atoms with Crippen molar-refractivity contribution < 1.29 is 28.9 Å². The summed E-state index contributed by atoms with van der Waals surface area (Å²) < 4.78 is 15.9. The van der Waals surface area contributed by atoms with E-state index in [1.807, 2.05) is 0 Å². The highest BCUT2D eigenvalue weighted by Crippen LogP contribution is 2.23. The topological polar surface area (TPSA) is 82.1 Å². The average Bonchev–Trinajstić information content (AvgIpc) is 3.00. The van der Waals surface area contributed by atoms with Crippen molar-refractivity contribution in [3.05, 3.63) is 71.8 Å². The van der Waals surface area contributed by atoms with Gasteiger partial charge in [-0.1, -0.05) is 36.4 Å². The molecular weight excluding hydrogens is 324 g/mol. The molecule has 25 heavy (non-hydrogen) atoms. The number of carbonyl (C=O) groups excluding carboxylic acids is 2. The molecule has 0 bridgehead atoms. The first-order valence-corrected chi connectivity index (χ1v) is 7.95. The third kappa shape index (κ3) is 4.43. The lowest BCUT2D eigenvalue weighted by Crippen LogP contribution is -2.32. The molecule has 1 aliphatic heterocycles. The van der Waals surface area contributed by atoms with Crippen molar-refractivity contribution in [1.82, 2.24) is 0 Å². The van der Waals surface area contributed by atoms with Gasteiger partial charge in [-0.15, -0.1) is 0 Å². The molecule has 0 radical (unpaired) electrons. The Kier molecular flexibility index (Phi) is 5.42. The van der Waals surface area contributed by atoms with Gasteiger partial charge in [-0.2, -0.15) is 0 Å². The van der Waals surface area contributed by atoms with Crippen LogP contribution in [0.1, 0.15) is 27.1 Å². The van der Waals surface area contributed by atoms with E-state index in [-0.39, 0.29) is 13.0 Å². The highest BCUT2D eigenvalue weighted by atomic mass is 16.7. The Balaban J connectivity index is 1.58. The van der Waals surface area contributed by atoms with Gasteiger partial charge in [-0.05, 0) is 24.3 Å². The first-order chi connectivity index (χ1) is 12.1. The van der Waals surface area contributed by atoms with Gasteiger partial charge in [0.1, 0.15) is 18.8 Å². The largest absolute Gasteiger partial charge is 0.459 e. The molecule has 0 unspecified atom stereocenters. The second-order valence-corrected chi connectivity index (χ2v) is 5.64. The van der Waals surface area contributed by atoms with Crippen molar-refractivity contribution in [3.63, 3.8) is 0 Å². The van der Waals surface area contributed by atoms with Gasteiger partial charge in [0, 0.05) is 6.42 Å². The molecule has 0 saturated carbocycles. The van der Waals surface area contributed by atoms with Gasteiger partial charge in [0.15, 0.2) is 6.29 Å². The third-order valence-electron chi connectivity index (χ3n) is 3.84. The van der Waals surface area contributed by atoms with E-state index in [2.05, 4.69) is 0 Å². The van der Waals surface area contributed by atoms with E-state index in [0.29, 0.717) is 11.1 Å². The molecule has 130 valence electrons. The Hall–Kier alpha value is -2.70. The Bertz CT molecular complexity index is 715. The first kappa shape index (κ1) is 17.1. The van der Waals surface area contributed by atoms with Crippen LogP contribution in [0.25, 0.3) is 0 Å². The predicted octanol–water partition coefficient (Wildman–Crippen LogP) is 2.18. The number of aliphatic hydroxyl groups is 1. The van der Waals surface area contributed by atoms with E-state index in [1.54, 1.807) is 60.7 Å². The lowest BCUT2D eigenvalue weighted by atomic mass is 10.1. The van der Waals surface area contributed by atoms with Crippen molar-refractivity contribution in [2.75, 3.05) is 6.61 Å². The first-order valence-electron chi connectivity index (χ1n) is 7.95. The lowest BCUT2D eigenvalue weighted by Gasteiger charge is -2.18. The van der Waals surface area contributed by atoms with Crippen molar-refractivity contribution in [3.8, 4) is 0 Å². The van der Waals surface area contributed by atoms with Gasteiger partial charge in [-0.3, -0.25) is 0 Å². The van der Waals surface area contributed by atoms with Crippen molar-refractivity contribution >= 4 is 11.9 Å². The SMILES string of the molecule is O=C(OC[C@@H]1O[C@@H](O)C[C@@H]1OC(=O)c1ccccc1)c1ccccc1. The molecule has 0 aromatic heterocycles. The maximum atomic E-state index is 12.1. The highest BCUT2D eigenvalue weighted by Gasteiger charge is 2.38. The minimum absolute atomic E-state index is 0.114. The van der Waals surface area contributed by atoms with Crippen LogP contribution in [0.15, 0.2) is 60.7 Å². The lowest BCUT2D eigenvalue weighted by molar-refractivity contribution is -0.110. The zero-order valence-electron chi connectivity index (χ0n) is 13.4. The highest BCUT2D eigenvalue weighted by molar-refractivity contribution is 5.90. The van der Waals surface area contributed by atoms with Crippen LogP contribution in [0.4, 0.5) is 0 Å². The second kappa shape index (κ2) is 7.92. The van der Waals surface area contributed by atoms with E-state index in [0.717, 1.165) is 0 Å². The molecule has 1 N–H and O–H groups in total. The average molecular weight is 342 g/mol. The number of esters is 2. The minimum Gasteiger partial charge on any atom is -0.459 e. The van der Waals surface area contributed by atoms with Gasteiger partial charge in [0.2, 0.25) is 0 Å². The molecule has 3 atom stereocenters. The molecule has 2 aromatic carbocycles. The van der Waals surface area contributed by atoms with Gasteiger partial charge >= 0.3 is 11.9 Å². The molecule has 0 aliphatic carbocycles. The number of aliphatic hydroxyl groups excluding tert-OH is 1. The standard InChI is InChI=1S/C19H18O6/c20-17-11-15(25-19(22)14-9-5-2-6-10-14)16(24-17)12-23-18(21)13-7-3-1-4-8-13/h1-10,15-17,20H,11-12H2/t15-,16-,17+/m0/s1. The van der Waals surface area contributed by atoms with E-state index >= 15 is 0 Å².